The van der Waals surface area contributed by atoms with Crippen LogP contribution in [0.25, 0.3) is 11.6 Å². The third-order valence-electron chi connectivity index (χ3n) is 5.01. The van der Waals surface area contributed by atoms with Gasteiger partial charge in [0.25, 0.3) is 0 Å². The van der Waals surface area contributed by atoms with E-state index < -0.39 is 0 Å². The van der Waals surface area contributed by atoms with Crippen LogP contribution in [0.2, 0.25) is 0 Å². The zero-order valence-corrected chi connectivity index (χ0v) is 16.7. The maximum atomic E-state index is 6.02. The van der Waals surface area contributed by atoms with Crippen LogP contribution in [-0.2, 0) is 4.74 Å². The van der Waals surface area contributed by atoms with Crippen LogP contribution in [0.4, 0.5) is 5.69 Å². The molecule has 0 saturated carbocycles. The summed E-state index contributed by atoms with van der Waals surface area (Å²) in [4.78, 5) is 2.10. The number of rotatable bonds is 5. The number of hydrogen-bond donors (Lipinski definition) is 0. The van der Waals surface area contributed by atoms with E-state index in [-0.39, 0.29) is 6.10 Å². The van der Waals surface area contributed by atoms with E-state index in [0.717, 1.165) is 27.8 Å². The first-order valence-electron chi connectivity index (χ1n) is 9.76. The molecule has 2 nitrogen and oxygen atoms in total. The third kappa shape index (κ3) is 4.29. The maximum absolute atomic E-state index is 6.02. The zero-order chi connectivity index (χ0) is 20.1. The van der Waals surface area contributed by atoms with Crippen molar-refractivity contribution in [1.82, 2.24) is 0 Å². The number of allylic oxidation sites excluding steroid dienone is 2. The van der Waals surface area contributed by atoms with Gasteiger partial charge in [0.15, 0.2) is 12.4 Å². The first-order valence-corrected chi connectivity index (χ1v) is 9.76. The summed E-state index contributed by atoms with van der Waals surface area (Å²) in [7, 11) is 4.10. The first kappa shape index (κ1) is 18.7. The Morgan fingerprint density at radius 3 is 2.10 bits per heavy atom. The Bertz CT molecular complexity index is 1030. The SMILES string of the molecule is CN(C)c1ccc(C=CC2=C(c3ccccc3)[C+]=COC2c2ccccc2)cc1. The predicted molar refractivity (Wildman–Crippen MR) is 121 cm³/mol. The van der Waals surface area contributed by atoms with Crippen molar-refractivity contribution in [2.24, 2.45) is 0 Å². The van der Waals surface area contributed by atoms with Crippen molar-refractivity contribution >= 4 is 17.3 Å². The molecule has 0 aromatic heterocycles. The minimum absolute atomic E-state index is 0.162. The molecular weight excluding hydrogens is 354 g/mol. The number of nitrogens with zero attached hydrogens (tertiary/aromatic N) is 1. The second kappa shape index (κ2) is 8.60. The molecule has 142 valence electrons. The van der Waals surface area contributed by atoms with E-state index in [0.29, 0.717) is 0 Å². The molecule has 2 heteroatoms. The van der Waals surface area contributed by atoms with Gasteiger partial charge in [-0.05, 0) is 35.9 Å². The highest BCUT2D eigenvalue weighted by Gasteiger charge is 2.30. The molecule has 0 fully saturated rings. The molecule has 1 aliphatic heterocycles. The summed E-state index contributed by atoms with van der Waals surface area (Å²) < 4.78 is 6.02. The Morgan fingerprint density at radius 2 is 1.45 bits per heavy atom. The average molecular weight is 378 g/mol. The third-order valence-corrected chi connectivity index (χ3v) is 5.01. The van der Waals surface area contributed by atoms with Crippen LogP contribution < -0.4 is 4.90 Å². The van der Waals surface area contributed by atoms with Crippen molar-refractivity contribution in [3.05, 3.63) is 126 Å². The number of hydrogen-bond acceptors (Lipinski definition) is 2. The molecule has 0 N–H and O–H groups in total. The summed E-state index contributed by atoms with van der Waals surface area (Å²) in [5, 5.41) is 0. The molecule has 29 heavy (non-hydrogen) atoms. The molecule has 1 atom stereocenters. The topological polar surface area (TPSA) is 12.5 Å². The molecule has 0 saturated heterocycles. The van der Waals surface area contributed by atoms with Crippen LogP contribution in [0.15, 0.2) is 103 Å². The van der Waals surface area contributed by atoms with E-state index in [2.05, 4.69) is 83.8 Å². The summed E-state index contributed by atoms with van der Waals surface area (Å²) in [5.41, 5.74) is 6.76. The Kier molecular flexibility index (Phi) is 5.56. The zero-order valence-electron chi connectivity index (χ0n) is 16.7. The number of benzene rings is 3. The normalized spacial score (nSPS) is 15.9. The van der Waals surface area contributed by atoms with Gasteiger partial charge < -0.3 is 9.64 Å². The summed E-state index contributed by atoms with van der Waals surface area (Å²) in [6.45, 7) is 0. The lowest BCUT2D eigenvalue weighted by atomic mass is 9.90. The predicted octanol–water partition coefficient (Wildman–Crippen LogP) is 6.31. The highest BCUT2D eigenvalue weighted by atomic mass is 16.5. The van der Waals surface area contributed by atoms with Gasteiger partial charge >= 0.3 is 0 Å². The lowest BCUT2D eigenvalue weighted by molar-refractivity contribution is 0.178. The minimum Gasteiger partial charge on any atom is -0.455 e. The lowest BCUT2D eigenvalue weighted by Crippen LogP contribution is -2.09. The van der Waals surface area contributed by atoms with Crippen LogP contribution >= 0.6 is 0 Å². The van der Waals surface area contributed by atoms with Gasteiger partial charge in [-0.1, -0.05) is 48.5 Å². The molecular formula is C27H24NO+. The van der Waals surface area contributed by atoms with Gasteiger partial charge in [-0.25, -0.2) is 0 Å². The van der Waals surface area contributed by atoms with Crippen LogP contribution in [-0.4, -0.2) is 14.1 Å². The molecule has 1 aliphatic rings. The monoisotopic (exact) mass is 378 g/mol. The fourth-order valence-corrected chi connectivity index (χ4v) is 3.43. The Balaban J connectivity index is 1.75. The quantitative estimate of drug-likeness (QED) is 0.483. The number of anilines is 1. The molecule has 0 spiro atoms. The van der Waals surface area contributed by atoms with Crippen molar-refractivity contribution in [3.8, 4) is 0 Å². The molecule has 0 aliphatic carbocycles. The fourth-order valence-electron chi connectivity index (χ4n) is 3.43. The fraction of sp³-hybridized carbons (Fsp3) is 0.111. The molecule has 4 rings (SSSR count). The summed E-state index contributed by atoms with van der Waals surface area (Å²) in [6, 6.07) is 29.2. The van der Waals surface area contributed by atoms with Gasteiger partial charge in [0.05, 0.1) is 11.6 Å². The van der Waals surface area contributed by atoms with Gasteiger partial charge in [-0.3, -0.25) is 0 Å². The molecule has 3 aromatic rings. The first-order chi connectivity index (χ1) is 14.2. The van der Waals surface area contributed by atoms with Gasteiger partial charge in [-0.2, -0.15) is 0 Å². The summed E-state index contributed by atoms with van der Waals surface area (Å²) >= 11 is 0. The van der Waals surface area contributed by atoms with Crippen LogP contribution in [0, 0.1) is 6.08 Å². The van der Waals surface area contributed by atoms with Gasteiger partial charge in [0, 0.05) is 43.6 Å². The molecule has 0 radical (unpaired) electrons. The molecule has 1 unspecified atom stereocenters. The standard InChI is InChI=1S/C27H24NO/c1-28(2)24-16-13-21(14-17-24)15-18-26-25(22-9-5-3-6-10-22)19-20-29-27(26)23-11-7-4-8-12-23/h3-18,20,27H,1-2H3/q+1. The number of ether oxygens (including phenoxy) is 1. The van der Waals surface area contributed by atoms with Crippen LogP contribution in [0.5, 0.6) is 0 Å². The molecule has 0 bridgehead atoms. The van der Waals surface area contributed by atoms with E-state index in [1.165, 1.54) is 5.69 Å². The smallest absolute Gasteiger partial charge is 0.206 e. The molecule has 1 heterocycles. The Hall–Kier alpha value is -3.61. The summed E-state index contributed by atoms with van der Waals surface area (Å²) in [6.07, 6.45) is 9.14. The highest BCUT2D eigenvalue weighted by Crippen LogP contribution is 2.37. The van der Waals surface area contributed by atoms with Crippen LogP contribution in [0.3, 0.4) is 0 Å². The van der Waals surface area contributed by atoms with Crippen molar-refractivity contribution in [2.45, 2.75) is 6.10 Å². The van der Waals surface area contributed by atoms with Crippen molar-refractivity contribution < 1.29 is 4.74 Å². The Labute approximate surface area is 173 Å². The molecule has 3 aromatic carbocycles. The van der Waals surface area contributed by atoms with E-state index in [9.17, 15) is 0 Å². The van der Waals surface area contributed by atoms with Crippen molar-refractivity contribution in [3.63, 3.8) is 0 Å². The van der Waals surface area contributed by atoms with E-state index in [1.54, 1.807) is 6.26 Å². The minimum atomic E-state index is -0.162. The largest absolute Gasteiger partial charge is 0.455 e. The van der Waals surface area contributed by atoms with E-state index in [4.69, 9.17) is 4.74 Å². The second-order valence-corrected chi connectivity index (χ2v) is 7.20. The van der Waals surface area contributed by atoms with Crippen LogP contribution in [0.1, 0.15) is 22.8 Å². The van der Waals surface area contributed by atoms with Gasteiger partial charge in [0.1, 0.15) is 5.57 Å². The summed E-state index contributed by atoms with van der Waals surface area (Å²) in [5.74, 6) is 0. The van der Waals surface area contributed by atoms with Gasteiger partial charge in [0.2, 0.25) is 5.57 Å². The van der Waals surface area contributed by atoms with Crippen molar-refractivity contribution in [1.29, 1.82) is 0 Å². The average Bonchev–Trinajstić information content (AvgIpc) is 2.79. The maximum Gasteiger partial charge on any atom is 0.206 e. The highest BCUT2D eigenvalue weighted by molar-refractivity contribution is 5.79. The van der Waals surface area contributed by atoms with Crippen molar-refractivity contribution in [2.75, 3.05) is 19.0 Å². The Morgan fingerprint density at radius 1 is 0.793 bits per heavy atom. The van der Waals surface area contributed by atoms with E-state index in [1.807, 2.05) is 38.4 Å². The molecule has 0 amide bonds. The van der Waals surface area contributed by atoms with E-state index >= 15 is 0 Å². The van der Waals surface area contributed by atoms with Gasteiger partial charge in [-0.15, -0.1) is 0 Å². The second-order valence-electron chi connectivity index (χ2n) is 7.20. The lowest BCUT2D eigenvalue weighted by Gasteiger charge is -2.18.